The summed E-state index contributed by atoms with van der Waals surface area (Å²) in [6.45, 7) is 3.16. The smallest absolute Gasteiger partial charge is 0.270 e. The van der Waals surface area contributed by atoms with E-state index in [1.807, 2.05) is 12.1 Å². The SMILES string of the molecule is CCCCCNc1ccc(C(=O)NC2CCCCCC2)nc1. The van der Waals surface area contributed by atoms with Gasteiger partial charge in [-0.3, -0.25) is 4.79 Å². The first-order valence-corrected chi connectivity index (χ1v) is 8.80. The van der Waals surface area contributed by atoms with Crippen molar-refractivity contribution in [3.8, 4) is 0 Å². The Morgan fingerprint density at radius 2 is 1.95 bits per heavy atom. The Bertz CT molecular complexity index is 436. The van der Waals surface area contributed by atoms with E-state index in [9.17, 15) is 4.79 Å². The van der Waals surface area contributed by atoms with Crippen molar-refractivity contribution in [2.75, 3.05) is 11.9 Å². The van der Waals surface area contributed by atoms with Gasteiger partial charge < -0.3 is 10.6 Å². The van der Waals surface area contributed by atoms with Crippen molar-refractivity contribution in [2.45, 2.75) is 70.8 Å². The largest absolute Gasteiger partial charge is 0.384 e. The van der Waals surface area contributed by atoms with Gasteiger partial charge in [0.1, 0.15) is 5.69 Å². The molecule has 1 fully saturated rings. The van der Waals surface area contributed by atoms with Crippen molar-refractivity contribution in [2.24, 2.45) is 0 Å². The number of nitrogens with zero attached hydrogens (tertiary/aromatic N) is 1. The third-order valence-corrected chi connectivity index (χ3v) is 4.30. The Kier molecular flexibility index (Phi) is 7.20. The molecule has 1 aliphatic carbocycles. The van der Waals surface area contributed by atoms with E-state index in [0.717, 1.165) is 25.1 Å². The molecule has 0 radical (unpaired) electrons. The van der Waals surface area contributed by atoms with Gasteiger partial charge in [0.05, 0.1) is 11.9 Å². The molecule has 0 atom stereocenters. The molecule has 1 saturated carbocycles. The maximum atomic E-state index is 12.2. The molecular weight excluding hydrogens is 274 g/mol. The standard InChI is InChI=1S/C18H29N3O/c1-2-3-8-13-19-16-11-12-17(20-14-16)18(22)21-15-9-6-4-5-7-10-15/h11-12,14-15,19H,2-10,13H2,1H3,(H,21,22). The fraction of sp³-hybridized carbons (Fsp3) is 0.667. The first-order valence-electron chi connectivity index (χ1n) is 8.80. The van der Waals surface area contributed by atoms with Crippen LogP contribution in [0.1, 0.15) is 75.2 Å². The molecule has 1 heterocycles. The van der Waals surface area contributed by atoms with Crippen LogP contribution in [-0.2, 0) is 0 Å². The number of carbonyl (C=O) groups excluding carboxylic acids is 1. The molecule has 0 spiro atoms. The van der Waals surface area contributed by atoms with Crippen LogP contribution in [0, 0.1) is 0 Å². The van der Waals surface area contributed by atoms with Gasteiger partial charge >= 0.3 is 0 Å². The number of hydrogen-bond acceptors (Lipinski definition) is 3. The van der Waals surface area contributed by atoms with Gasteiger partial charge in [0, 0.05) is 12.6 Å². The lowest BCUT2D eigenvalue weighted by Crippen LogP contribution is -2.34. The summed E-state index contributed by atoms with van der Waals surface area (Å²) in [4.78, 5) is 16.5. The molecule has 1 aromatic rings. The molecule has 2 rings (SSSR count). The highest BCUT2D eigenvalue weighted by atomic mass is 16.1. The summed E-state index contributed by atoms with van der Waals surface area (Å²) in [5.41, 5.74) is 1.51. The summed E-state index contributed by atoms with van der Waals surface area (Å²) < 4.78 is 0. The molecule has 1 amide bonds. The normalized spacial score (nSPS) is 16.0. The molecule has 1 aromatic heterocycles. The number of amides is 1. The molecule has 0 aromatic carbocycles. The molecule has 122 valence electrons. The van der Waals surface area contributed by atoms with Gasteiger partial charge in [0.15, 0.2) is 0 Å². The first-order chi connectivity index (χ1) is 10.8. The summed E-state index contributed by atoms with van der Waals surface area (Å²) in [5, 5.41) is 6.47. The maximum absolute atomic E-state index is 12.2. The van der Waals surface area contributed by atoms with Crippen LogP contribution in [0.3, 0.4) is 0 Å². The maximum Gasteiger partial charge on any atom is 0.270 e. The van der Waals surface area contributed by atoms with Gasteiger partial charge in [-0.1, -0.05) is 45.4 Å². The zero-order chi connectivity index (χ0) is 15.6. The molecule has 0 unspecified atom stereocenters. The van der Waals surface area contributed by atoms with Crippen molar-refractivity contribution in [3.05, 3.63) is 24.0 Å². The summed E-state index contributed by atoms with van der Waals surface area (Å²) in [6, 6.07) is 4.08. The highest BCUT2D eigenvalue weighted by Crippen LogP contribution is 2.17. The van der Waals surface area contributed by atoms with Gasteiger partial charge in [0.2, 0.25) is 0 Å². The summed E-state index contributed by atoms with van der Waals surface area (Å²) in [7, 11) is 0. The van der Waals surface area contributed by atoms with Gasteiger partial charge in [0.25, 0.3) is 5.91 Å². The van der Waals surface area contributed by atoms with Crippen molar-refractivity contribution in [3.63, 3.8) is 0 Å². The van der Waals surface area contributed by atoms with Crippen molar-refractivity contribution < 1.29 is 4.79 Å². The van der Waals surface area contributed by atoms with E-state index in [4.69, 9.17) is 0 Å². The minimum atomic E-state index is -0.0376. The second-order valence-electron chi connectivity index (χ2n) is 6.23. The van der Waals surface area contributed by atoms with Gasteiger partial charge in [-0.05, 0) is 31.4 Å². The monoisotopic (exact) mass is 303 g/mol. The lowest BCUT2D eigenvalue weighted by atomic mass is 10.1. The van der Waals surface area contributed by atoms with E-state index < -0.39 is 0 Å². The van der Waals surface area contributed by atoms with Crippen LogP contribution < -0.4 is 10.6 Å². The van der Waals surface area contributed by atoms with E-state index in [-0.39, 0.29) is 5.91 Å². The third-order valence-electron chi connectivity index (χ3n) is 4.30. The highest BCUT2D eigenvalue weighted by molar-refractivity contribution is 5.92. The minimum Gasteiger partial charge on any atom is -0.384 e. The number of carbonyl (C=O) groups is 1. The van der Waals surface area contributed by atoms with E-state index >= 15 is 0 Å². The molecule has 0 saturated heterocycles. The molecular formula is C18H29N3O. The van der Waals surface area contributed by atoms with Crippen LogP contribution in [0.2, 0.25) is 0 Å². The zero-order valence-corrected chi connectivity index (χ0v) is 13.7. The van der Waals surface area contributed by atoms with Crippen LogP contribution in [0.25, 0.3) is 0 Å². The molecule has 22 heavy (non-hydrogen) atoms. The lowest BCUT2D eigenvalue weighted by molar-refractivity contribution is 0.0928. The van der Waals surface area contributed by atoms with E-state index in [1.54, 1.807) is 6.20 Å². The highest BCUT2D eigenvalue weighted by Gasteiger charge is 2.16. The molecule has 0 aliphatic heterocycles. The number of pyridine rings is 1. The van der Waals surface area contributed by atoms with Gasteiger partial charge in [-0.15, -0.1) is 0 Å². The second-order valence-corrected chi connectivity index (χ2v) is 6.23. The Balaban J connectivity index is 1.79. The predicted octanol–water partition coefficient (Wildman–Crippen LogP) is 4.14. The Morgan fingerprint density at radius 3 is 2.59 bits per heavy atom. The van der Waals surface area contributed by atoms with E-state index in [2.05, 4.69) is 22.5 Å². The summed E-state index contributed by atoms with van der Waals surface area (Å²) >= 11 is 0. The minimum absolute atomic E-state index is 0.0376. The lowest BCUT2D eigenvalue weighted by Gasteiger charge is -2.16. The van der Waals surface area contributed by atoms with Gasteiger partial charge in [-0.25, -0.2) is 4.98 Å². The molecule has 1 aliphatic rings. The number of aromatic nitrogens is 1. The number of anilines is 1. The van der Waals surface area contributed by atoms with Crippen LogP contribution >= 0.6 is 0 Å². The number of unbranched alkanes of at least 4 members (excludes halogenated alkanes) is 2. The molecule has 4 heteroatoms. The fourth-order valence-corrected chi connectivity index (χ4v) is 2.92. The first kappa shape index (κ1) is 16.8. The average Bonchev–Trinajstić information content (AvgIpc) is 2.81. The fourth-order valence-electron chi connectivity index (χ4n) is 2.92. The third kappa shape index (κ3) is 5.66. The Morgan fingerprint density at radius 1 is 1.18 bits per heavy atom. The topological polar surface area (TPSA) is 54.0 Å². The second kappa shape index (κ2) is 9.44. The Labute approximate surface area is 134 Å². The van der Waals surface area contributed by atoms with Crippen molar-refractivity contribution >= 4 is 11.6 Å². The molecule has 2 N–H and O–H groups in total. The summed E-state index contributed by atoms with van der Waals surface area (Å²) in [5.74, 6) is -0.0376. The van der Waals surface area contributed by atoms with Crippen LogP contribution in [0.15, 0.2) is 18.3 Å². The number of nitrogens with one attached hydrogen (secondary N) is 2. The van der Waals surface area contributed by atoms with E-state index in [1.165, 1.54) is 44.9 Å². The number of rotatable bonds is 7. The van der Waals surface area contributed by atoms with Crippen LogP contribution in [-0.4, -0.2) is 23.5 Å². The zero-order valence-electron chi connectivity index (χ0n) is 13.7. The quantitative estimate of drug-likeness (QED) is 0.588. The van der Waals surface area contributed by atoms with Crippen molar-refractivity contribution in [1.29, 1.82) is 0 Å². The van der Waals surface area contributed by atoms with E-state index in [0.29, 0.717) is 11.7 Å². The van der Waals surface area contributed by atoms with Crippen LogP contribution in [0.4, 0.5) is 5.69 Å². The Hall–Kier alpha value is -1.58. The van der Waals surface area contributed by atoms with Gasteiger partial charge in [-0.2, -0.15) is 0 Å². The van der Waals surface area contributed by atoms with Crippen molar-refractivity contribution in [1.82, 2.24) is 10.3 Å². The average molecular weight is 303 g/mol. The molecule has 0 bridgehead atoms. The predicted molar refractivity (Wildman–Crippen MR) is 91.2 cm³/mol. The summed E-state index contributed by atoms with van der Waals surface area (Å²) in [6.07, 6.45) is 12.6. The number of hydrogen-bond donors (Lipinski definition) is 2. The van der Waals surface area contributed by atoms with Crippen LogP contribution in [0.5, 0.6) is 0 Å². The molecule has 4 nitrogen and oxygen atoms in total.